The first-order valence-electron chi connectivity index (χ1n) is 10.2. The average Bonchev–Trinajstić information content (AvgIpc) is 2.81. The third-order valence-corrected chi connectivity index (χ3v) is 5.07. The fourth-order valence-electron chi connectivity index (χ4n) is 3.02. The van der Waals surface area contributed by atoms with Crippen LogP contribution < -0.4 is 4.74 Å². The quantitative estimate of drug-likeness (QED) is 0.263. The van der Waals surface area contributed by atoms with Crippen molar-refractivity contribution in [3.8, 4) is 5.75 Å². The Morgan fingerprint density at radius 3 is 2.00 bits per heavy atom. The molecule has 0 saturated carbocycles. The summed E-state index contributed by atoms with van der Waals surface area (Å²) in [6.07, 6.45) is 1.06. The molecule has 0 fully saturated rings. The summed E-state index contributed by atoms with van der Waals surface area (Å²) in [6.45, 7) is 4.69. The molecule has 30 heavy (non-hydrogen) atoms. The molecule has 0 aliphatic carbocycles. The highest BCUT2D eigenvalue weighted by Gasteiger charge is 2.10. The molecule has 0 amide bonds. The third-order valence-electron chi connectivity index (χ3n) is 5.07. The molecule has 4 nitrogen and oxygen atoms in total. The predicted octanol–water partition coefficient (Wildman–Crippen LogP) is 5.67. The van der Waals surface area contributed by atoms with Crippen molar-refractivity contribution in [1.82, 2.24) is 0 Å². The van der Waals surface area contributed by atoms with Crippen molar-refractivity contribution in [1.29, 1.82) is 0 Å². The van der Waals surface area contributed by atoms with E-state index in [2.05, 4.69) is 13.8 Å². The van der Waals surface area contributed by atoms with E-state index in [1.165, 1.54) is 5.56 Å². The first kappa shape index (κ1) is 21.3. The molecule has 1 atom stereocenters. The standard InChI is InChI=1S/C26H26O4/c1-3-19(2)20-9-11-23(12-10-20)26(28)30-18-17-29-24-15-13-22(14-16-24)25(27)21-7-5-4-6-8-21/h4-16,19H,3,17-18H2,1-2H3. The molecule has 3 aromatic carbocycles. The highest BCUT2D eigenvalue weighted by atomic mass is 16.6. The molecular formula is C26H26O4. The van der Waals surface area contributed by atoms with Gasteiger partial charge >= 0.3 is 5.97 Å². The smallest absolute Gasteiger partial charge is 0.338 e. The summed E-state index contributed by atoms with van der Waals surface area (Å²) in [7, 11) is 0. The monoisotopic (exact) mass is 402 g/mol. The molecule has 0 aromatic heterocycles. The zero-order valence-corrected chi connectivity index (χ0v) is 17.3. The van der Waals surface area contributed by atoms with Crippen LogP contribution in [0.3, 0.4) is 0 Å². The fraction of sp³-hybridized carbons (Fsp3) is 0.231. The summed E-state index contributed by atoms with van der Waals surface area (Å²) in [4.78, 5) is 24.6. The van der Waals surface area contributed by atoms with E-state index in [0.717, 1.165) is 6.42 Å². The molecule has 0 aliphatic rings. The third kappa shape index (κ3) is 5.57. The van der Waals surface area contributed by atoms with Gasteiger partial charge in [0.1, 0.15) is 19.0 Å². The molecule has 3 rings (SSSR count). The maximum atomic E-state index is 12.4. The minimum Gasteiger partial charge on any atom is -0.490 e. The predicted molar refractivity (Wildman–Crippen MR) is 117 cm³/mol. The second-order valence-corrected chi connectivity index (χ2v) is 7.14. The molecule has 1 unspecified atom stereocenters. The van der Waals surface area contributed by atoms with Gasteiger partial charge in [0, 0.05) is 11.1 Å². The van der Waals surface area contributed by atoms with Crippen molar-refractivity contribution in [2.24, 2.45) is 0 Å². The Morgan fingerprint density at radius 2 is 1.37 bits per heavy atom. The van der Waals surface area contributed by atoms with Crippen LogP contribution in [-0.4, -0.2) is 25.0 Å². The largest absolute Gasteiger partial charge is 0.490 e. The second kappa shape index (κ2) is 10.4. The van der Waals surface area contributed by atoms with Crippen LogP contribution in [0.25, 0.3) is 0 Å². The van der Waals surface area contributed by atoms with Crippen molar-refractivity contribution in [3.05, 3.63) is 101 Å². The first-order chi connectivity index (χ1) is 14.6. The van der Waals surface area contributed by atoms with Gasteiger partial charge in [0.15, 0.2) is 5.78 Å². The Morgan fingerprint density at radius 1 is 0.767 bits per heavy atom. The fourth-order valence-corrected chi connectivity index (χ4v) is 3.02. The van der Waals surface area contributed by atoms with Crippen molar-refractivity contribution in [2.45, 2.75) is 26.2 Å². The van der Waals surface area contributed by atoms with E-state index >= 15 is 0 Å². The lowest BCUT2D eigenvalue weighted by Gasteiger charge is -2.10. The number of benzene rings is 3. The normalized spacial score (nSPS) is 11.5. The van der Waals surface area contributed by atoms with Gasteiger partial charge in [-0.15, -0.1) is 0 Å². The lowest BCUT2D eigenvalue weighted by atomic mass is 9.98. The molecule has 154 valence electrons. The molecule has 0 spiro atoms. The topological polar surface area (TPSA) is 52.6 Å². The molecular weight excluding hydrogens is 376 g/mol. The zero-order chi connectivity index (χ0) is 21.3. The minimum absolute atomic E-state index is 0.0320. The number of ether oxygens (including phenoxy) is 2. The highest BCUT2D eigenvalue weighted by molar-refractivity contribution is 6.08. The van der Waals surface area contributed by atoms with Crippen molar-refractivity contribution >= 4 is 11.8 Å². The summed E-state index contributed by atoms with van der Waals surface area (Å²) in [5.41, 5.74) is 2.99. The lowest BCUT2D eigenvalue weighted by molar-refractivity contribution is 0.0450. The number of carbonyl (C=O) groups excluding carboxylic acids is 2. The molecule has 0 bridgehead atoms. The number of ketones is 1. The van der Waals surface area contributed by atoms with Crippen molar-refractivity contribution < 1.29 is 19.1 Å². The van der Waals surface area contributed by atoms with E-state index in [1.807, 2.05) is 30.3 Å². The molecule has 0 N–H and O–H groups in total. The Labute approximate surface area is 177 Å². The van der Waals surface area contributed by atoms with Crippen molar-refractivity contribution in [2.75, 3.05) is 13.2 Å². The van der Waals surface area contributed by atoms with Gasteiger partial charge in [-0.1, -0.05) is 56.3 Å². The molecule has 3 aromatic rings. The minimum atomic E-state index is -0.363. The number of esters is 1. The SMILES string of the molecule is CCC(C)c1ccc(C(=O)OCCOc2ccc(C(=O)c3ccccc3)cc2)cc1. The van der Waals surface area contributed by atoms with Gasteiger partial charge in [-0.05, 0) is 54.3 Å². The van der Waals surface area contributed by atoms with Crippen LogP contribution in [0.1, 0.15) is 58.0 Å². The van der Waals surface area contributed by atoms with Crippen LogP contribution in [0.15, 0.2) is 78.9 Å². The molecule has 0 aliphatic heterocycles. The molecule has 0 heterocycles. The Hall–Kier alpha value is -3.40. The van der Waals surface area contributed by atoms with Crippen LogP contribution >= 0.6 is 0 Å². The first-order valence-corrected chi connectivity index (χ1v) is 10.2. The van der Waals surface area contributed by atoms with Gasteiger partial charge < -0.3 is 9.47 Å². The van der Waals surface area contributed by atoms with Crippen LogP contribution in [0.5, 0.6) is 5.75 Å². The van der Waals surface area contributed by atoms with Gasteiger partial charge in [-0.2, -0.15) is 0 Å². The molecule has 4 heteroatoms. The summed E-state index contributed by atoms with van der Waals surface area (Å²) in [5, 5.41) is 0. The zero-order valence-electron chi connectivity index (χ0n) is 17.3. The Balaban J connectivity index is 1.45. The summed E-state index contributed by atoms with van der Waals surface area (Å²) in [5.74, 6) is 0.694. The maximum absolute atomic E-state index is 12.4. The van der Waals surface area contributed by atoms with Gasteiger partial charge in [-0.25, -0.2) is 4.79 Å². The summed E-state index contributed by atoms with van der Waals surface area (Å²) in [6, 6.07) is 23.6. The second-order valence-electron chi connectivity index (χ2n) is 7.14. The summed E-state index contributed by atoms with van der Waals surface area (Å²) >= 11 is 0. The van der Waals surface area contributed by atoms with E-state index in [-0.39, 0.29) is 25.0 Å². The Bertz CT molecular complexity index is 960. The van der Waals surface area contributed by atoms with Crippen LogP contribution in [0.4, 0.5) is 0 Å². The van der Waals surface area contributed by atoms with Crippen LogP contribution in [0, 0.1) is 0 Å². The van der Waals surface area contributed by atoms with Crippen LogP contribution in [-0.2, 0) is 4.74 Å². The van der Waals surface area contributed by atoms with Crippen molar-refractivity contribution in [3.63, 3.8) is 0 Å². The number of hydrogen-bond acceptors (Lipinski definition) is 4. The van der Waals surface area contributed by atoms with E-state index in [1.54, 1.807) is 48.5 Å². The van der Waals surface area contributed by atoms with E-state index in [0.29, 0.717) is 28.4 Å². The van der Waals surface area contributed by atoms with Gasteiger partial charge in [0.2, 0.25) is 0 Å². The van der Waals surface area contributed by atoms with Gasteiger partial charge in [-0.3, -0.25) is 4.79 Å². The molecule has 0 saturated heterocycles. The number of carbonyl (C=O) groups is 2. The maximum Gasteiger partial charge on any atom is 0.338 e. The molecule has 0 radical (unpaired) electrons. The lowest BCUT2D eigenvalue weighted by Crippen LogP contribution is -2.12. The average molecular weight is 402 g/mol. The van der Waals surface area contributed by atoms with Gasteiger partial charge in [0.05, 0.1) is 5.56 Å². The van der Waals surface area contributed by atoms with Gasteiger partial charge in [0.25, 0.3) is 0 Å². The Kier molecular flexibility index (Phi) is 7.39. The van der Waals surface area contributed by atoms with E-state index in [4.69, 9.17) is 9.47 Å². The van der Waals surface area contributed by atoms with E-state index < -0.39 is 0 Å². The number of rotatable bonds is 9. The van der Waals surface area contributed by atoms with E-state index in [9.17, 15) is 9.59 Å². The van der Waals surface area contributed by atoms with Crippen LogP contribution in [0.2, 0.25) is 0 Å². The number of hydrogen-bond donors (Lipinski definition) is 0. The summed E-state index contributed by atoms with van der Waals surface area (Å²) < 4.78 is 10.9. The highest BCUT2D eigenvalue weighted by Crippen LogP contribution is 2.19.